The Morgan fingerprint density at radius 2 is 1.80 bits per heavy atom. The lowest BCUT2D eigenvalue weighted by molar-refractivity contribution is 0.406. The summed E-state index contributed by atoms with van der Waals surface area (Å²) in [7, 11) is 0.210. The summed E-state index contributed by atoms with van der Waals surface area (Å²) >= 11 is 0. The molecule has 4 rings (SSSR count). The van der Waals surface area contributed by atoms with Crippen molar-refractivity contribution in [1.82, 2.24) is 5.32 Å². The number of ether oxygens (including phenoxy) is 1. The van der Waals surface area contributed by atoms with Gasteiger partial charge in [0.15, 0.2) is 0 Å². The number of nitrogens with one attached hydrogen (secondary N) is 2. The van der Waals surface area contributed by atoms with Crippen LogP contribution in [0.5, 0.6) is 5.75 Å². The molecule has 30 heavy (non-hydrogen) atoms. The molecule has 1 aliphatic heterocycles. The Kier molecular flexibility index (Phi) is 6.11. The van der Waals surface area contributed by atoms with Gasteiger partial charge in [0.25, 0.3) is 0 Å². The van der Waals surface area contributed by atoms with Crippen LogP contribution in [0.2, 0.25) is 0 Å². The molecule has 0 saturated carbocycles. The molecule has 1 saturated heterocycles. The van der Waals surface area contributed by atoms with Gasteiger partial charge in [0.05, 0.1) is 30.2 Å². The van der Waals surface area contributed by atoms with Crippen molar-refractivity contribution in [2.24, 2.45) is 0 Å². The van der Waals surface area contributed by atoms with E-state index in [9.17, 15) is 4.21 Å². The maximum absolute atomic E-state index is 13.0. The number of furan rings is 1. The van der Waals surface area contributed by atoms with Crippen molar-refractivity contribution in [3.63, 3.8) is 0 Å². The summed E-state index contributed by atoms with van der Waals surface area (Å²) in [6, 6.07) is 16.3. The first-order chi connectivity index (χ1) is 14.5. The smallest absolute Gasteiger partial charge is 0.150 e. The summed E-state index contributed by atoms with van der Waals surface area (Å²) in [6.07, 6.45) is 3.33. The molecule has 0 aliphatic carbocycles. The molecule has 158 valence electrons. The number of anilines is 2. The first kappa shape index (κ1) is 20.5. The van der Waals surface area contributed by atoms with E-state index in [2.05, 4.69) is 34.9 Å². The highest BCUT2D eigenvalue weighted by Crippen LogP contribution is 2.32. The van der Waals surface area contributed by atoms with Crippen LogP contribution in [-0.4, -0.2) is 36.5 Å². The van der Waals surface area contributed by atoms with Crippen molar-refractivity contribution in [3.05, 3.63) is 61.1 Å². The van der Waals surface area contributed by atoms with Crippen LogP contribution >= 0.6 is 0 Å². The second kappa shape index (κ2) is 8.93. The number of piperazine rings is 1. The highest BCUT2D eigenvalue weighted by Gasteiger charge is 2.22. The molecule has 2 N–H and O–H groups in total. The van der Waals surface area contributed by atoms with E-state index in [4.69, 9.17) is 9.15 Å². The lowest BCUT2D eigenvalue weighted by Gasteiger charge is -2.38. The summed E-state index contributed by atoms with van der Waals surface area (Å²) in [5.41, 5.74) is 3.82. The van der Waals surface area contributed by atoms with E-state index in [0.717, 1.165) is 29.9 Å². The molecule has 7 heteroatoms. The Morgan fingerprint density at radius 1 is 1.07 bits per heavy atom. The number of benzene rings is 2. The fourth-order valence-electron chi connectivity index (χ4n) is 3.87. The Labute approximate surface area is 179 Å². The second-order valence-electron chi connectivity index (χ2n) is 7.67. The van der Waals surface area contributed by atoms with Crippen molar-refractivity contribution in [3.8, 4) is 16.9 Å². The zero-order valence-electron chi connectivity index (χ0n) is 17.4. The third kappa shape index (κ3) is 4.52. The summed E-state index contributed by atoms with van der Waals surface area (Å²) in [4.78, 5) is 3.04. The fourth-order valence-corrected chi connectivity index (χ4v) is 4.73. The Bertz CT molecular complexity index is 995. The van der Waals surface area contributed by atoms with Gasteiger partial charge in [-0.15, -0.1) is 0 Å². The third-order valence-electron chi connectivity index (χ3n) is 5.23. The maximum atomic E-state index is 13.0. The average molecular weight is 426 g/mol. The summed E-state index contributed by atoms with van der Waals surface area (Å²) in [5, 5.41) is 3.55. The SMILES string of the molecule is COc1ccc(N2CC(C)NC(C)C2)cc1NS(=O)c1ccc(-c2ccoc2)cc1. The van der Waals surface area contributed by atoms with Gasteiger partial charge >= 0.3 is 0 Å². The van der Waals surface area contributed by atoms with Gasteiger partial charge in [0, 0.05) is 36.4 Å². The normalized spacial score (nSPS) is 20.0. The molecule has 1 aliphatic rings. The third-order valence-corrected chi connectivity index (χ3v) is 6.34. The zero-order valence-corrected chi connectivity index (χ0v) is 18.2. The van der Waals surface area contributed by atoms with E-state index in [1.54, 1.807) is 19.6 Å². The van der Waals surface area contributed by atoms with Crippen LogP contribution in [0.1, 0.15) is 13.8 Å². The summed E-state index contributed by atoms with van der Waals surface area (Å²) in [5.74, 6) is 0.665. The van der Waals surface area contributed by atoms with E-state index in [0.29, 0.717) is 28.4 Å². The lowest BCUT2D eigenvalue weighted by Crippen LogP contribution is -2.54. The van der Waals surface area contributed by atoms with Crippen molar-refractivity contribution in [1.29, 1.82) is 0 Å². The minimum atomic E-state index is -1.41. The number of hydrogen-bond acceptors (Lipinski definition) is 5. The van der Waals surface area contributed by atoms with Gasteiger partial charge in [-0.25, -0.2) is 4.21 Å². The van der Waals surface area contributed by atoms with E-state index < -0.39 is 11.0 Å². The summed E-state index contributed by atoms with van der Waals surface area (Å²) in [6.45, 7) is 6.23. The van der Waals surface area contributed by atoms with Crippen LogP contribution in [0.25, 0.3) is 11.1 Å². The van der Waals surface area contributed by atoms with Crippen LogP contribution in [-0.2, 0) is 11.0 Å². The van der Waals surface area contributed by atoms with Crippen LogP contribution in [0.3, 0.4) is 0 Å². The quantitative estimate of drug-likeness (QED) is 0.617. The second-order valence-corrected chi connectivity index (χ2v) is 8.88. The number of methoxy groups -OCH3 is 1. The average Bonchev–Trinajstić information content (AvgIpc) is 3.28. The van der Waals surface area contributed by atoms with Crippen molar-refractivity contribution < 1.29 is 13.4 Å². The molecule has 0 spiro atoms. The van der Waals surface area contributed by atoms with Crippen molar-refractivity contribution in [2.45, 2.75) is 30.8 Å². The van der Waals surface area contributed by atoms with Crippen LogP contribution < -0.4 is 19.7 Å². The predicted octanol–water partition coefficient (Wildman–Crippen LogP) is 4.28. The zero-order chi connectivity index (χ0) is 21.1. The van der Waals surface area contributed by atoms with Crippen molar-refractivity contribution in [2.75, 3.05) is 29.8 Å². The van der Waals surface area contributed by atoms with Gasteiger partial charge in [0.2, 0.25) is 0 Å². The van der Waals surface area contributed by atoms with E-state index in [1.807, 2.05) is 42.5 Å². The van der Waals surface area contributed by atoms with Crippen molar-refractivity contribution >= 4 is 22.4 Å². The van der Waals surface area contributed by atoms with Gasteiger partial charge < -0.3 is 19.4 Å². The molecule has 3 aromatic rings. The van der Waals surface area contributed by atoms with Crippen LogP contribution in [0.15, 0.2) is 70.4 Å². The standard InChI is InChI=1S/C23H27N3O3S/c1-16-13-26(14-17(2)24-16)20-6-9-23(28-3)22(12-20)25-30(27)21-7-4-18(5-8-21)19-10-11-29-15-19/h4-12,15-17,24-25H,13-14H2,1-3H3. The highest BCUT2D eigenvalue weighted by molar-refractivity contribution is 7.86. The van der Waals surface area contributed by atoms with Crippen LogP contribution in [0, 0.1) is 0 Å². The van der Waals surface area contributed by atoms with E-state index in [-0.39, 0.29) is 0 Å². The molecule has 3 atom stereocenters. The molecule has 0 amide bonds. The molecule has 1 aromatic heterocycles. The molecule has 0 bridgehead atoms. The van der Waals surface area contributed by atoms with Crippen LogP contribution in [0.4, 0.5) is 11.4 Å². The van der Waals surface area contributed by atoms with Gasteiger partial charge in [0.1, 0.15) is 16.7 Å². The fraction of sp³-hybridized carbons (Fsp3) is 0.304. The van der Waals surface area contributed by atoms with Gasteiger partial charge in [-0.1, -0.05) is 12.1 Å². The van der Waals surface area contributed by atoms with Gasteiger partial charge in [-0.2, -0.15) is 0 Å². The van der Waals surface area contributed by atoms with Gasteiger partial charge in [-0.3, -0.25) is 4.72 Å². The number of hydrogen-bond donors (Lipinski definition) is 2. The number of nitrogens with zero attached hydrogens (tertiary/aromatic N) is 1. The monoisotopic (exact) mass is 425 g/mol. The number of rotatable bonds is 6. The first-order valence-electron chi connectivity index (χ1n) is 10.0. The van der Waals surface area contributed by atoms with E-state index >= 15 is 0 Å². The minimum absolute atomic E-state index is 0.412. The molecule has 2 aromatic carbocycles. The first-order valence-corrected chi connectivity index (χ1v) is 11.2. The minimum Gasteiger partial charge on any atom is -0.495 e. The molecule has 2 heterocycles. The van der Waals surface area contributed by atoms with Gasteiger partial charge in [-0.05, 0) is 55.8 Å². The molecular formula is C23H27N3O3S. The maximum Gasteiger partial charge on any atom is 0.150 e. The molecule has 6 nitrogen and oxygen atoms in total. The molecular weight excluding hydrogens is 398 g/mol. The lowest BCUT2D eigenvalue weighted by atomic mass is 10.1. The predicted molar refractivity (Wildman–Crippen MR) is 121 cm³/mol. The Balaban J connectivity index is 1.53. The molecule has 1 fully saturated rings. The highest BCUT2D eigenvalue weighted by atomic mass is 32.2. The Hall–Kier alpha value is -2.77. The Morgan fingerprint density at radius 3 is 2.43 bits per heavy atom. The topological polar surface area (TPSA) is 66.7 Å². The largest absolute Gasteiger partial charge is 0.495 e. The summed E-state index contributed by atoms with van der Waals surface area (Å²) < 4.78 is 26.7. The molecule has 3 unspecified atom stereocenters. The van der Waals surface area contributed by atoms with E-state index in [1.165, 1.54) is 0 Å². The molecule has 0 radical (unpaired) electrons.